The average Bonchev–Trinajstić information content (AvgIpc) is 2.66. The van der Waals surface area contributed by atoms with Crippen LogP contribution >= 0.6 is 15.9 Å². The molecule has 2 unspecified atom stereocenters. The topological polar surface area (TPSA) is 68.8 Å². The molecule has 1 saturated carbocycles. The van der Waals surface area contributed by atoms with Crippen molar-refractivity contribution in [3.8, 4) is 0 Å². The van der Waals surface area contributed by atoms with E-state index < -0.39 is 0 Å². The number of halogens is 1. The summed E-state index contributed by atoms with van der Waals surface area (Å²) in [5.74, 6) is 6.18. The van der Waals surface area contributed by atoms with Crippen molar-refractivity contribution in [2.75, 3.05) is 0 Å². The number of aromatic nitrogens is 3. The zero-order chi connectivity index (χ0) is 11.2. The molecule has 2 rings (SSSR count). The molecular weight excluding hydrogens is 258 g/mol. The van der Waals surface area contributed by atoms with Gasteiger partial charge in [-0.2, -0.15) is 0 Å². The lowest BCUT2D eigenvalue weighted by Crippen LogP contribution is -2.32. The van der Waals surface area contributed by atoms with Gasteiger partial charge in [-0.15, -0.1) is 5.10 Å². The molecule has 0 spiro atoms. The molecule has 3 N–H and O–H groups in total. The molecule has 0 amide bonds. The summed E-state index contributed by atoms with van der Waals surface area (Å²) in [6.45, 7) is 4.50. The highest BCUT2D eigenvalue weighted by Gasteiger charge is 2.51. The number of nitrogens with two attached hydrogens (primary N) is 1. The van der Waals surface area contributed by atoms with E-state index in [1.165, 1.54) is 6.42 Å². The van der Waals surface area contributed by atoms with Crippen molar-refractivity contribution in [3.05, 3.63) is 10.3 Å². The molecule has 15 heavy (non-hydrogen) atoms. The fourth-order valence-electron chi connectivity index (χ4n) is 2.13. The van der Waals surface area contributed by atoms with Crippen molar-refractivity contribution >= 4 is 15.9 Å². The minimum atomic E-state index is 0.120. The Morgan fingerprint density at radius 2 is 2.27 bits per heavy atom. The van der Waals surface area contributed by atoms with Gasteiger partial charge in [0.05, 0.1) is 11.7 Å². The van der Waals surface area contributed by atoms with E-state index >= 15 is 0 Å². The average molecular weight is 274 g/mol. The quantitative estimate of drug-likeness (QED) is 0.640. The minimum absolute atomic E-state index is 0.120. The van der Waals surface area contributed by atoms with Gasteiger partial charge in [0.2, 0.25) is 0 Å². The number of aryl methyl sites for hydroxylation is 1. The molecule has 6 heteroatoms. The van der Waals surface area contributed by atoms with Crippen LogP contribution in [0.3, 0.4) is 0 Å². The Balaban J connectivity index is 2.28. The van der Waals surface area contributed by atoms with Crippen LogP contribution in [-0.2, 0) is 7.05 Å². The van der Waals surface area contributed by atoms with Gasteiger partial charge in [-0.05, 0) is 33.7 Å². The third-order valence-electron chi connectivity index (χ3n) is 3.29. The maximum absolute atomic E-state index is 5.62. The third kappa shape index (κ3) is 1.81. The van der Waals surface area contributed by atoms with Gasteiger partial charge in [0, 0.05) is 7.05 Å². The van der Waals surface area contributed by atoms with Crippen LogP contribution in [-0.4, -0.2) is 15.0 Å². The van der Waals surface area contributed by atoms with Crippen LogP contribution in [0.2, 0.25) is 0 Å². The van der Waals surface area contributed by atoms with Crippen molar-refractivity contribution in [2.24, 2.45) is 24.2 Å². The highest BCUT2D eigenvalue weighted by molar-refractivity contribution is 9.10. The second-order valence-corrected chi connectivity index (χ2v) is 5.58. The molecule has 1 aromatic rings. The maximum Gasteiger partial charge on any atom is 0.153 e. The fraction of sp³-hybridized carbons (Fsp3) is 0.778. The Morgan fingerprint density at radius 3 is 2.60 bits per heavy atom. The normalized spacial score (nSPS) is 25.3. The Labute approximate surface area is 97.5 Å². The standard InChI is InChI=1S/C9H16BrN5/c1-9(2)4-5(9)6(12-11)7-8(10)13-14-15(7)3/h5-6,12H,4,11H2,1-3H3. The summed E-state index contributed by atoms with van der Waals surface area (Å²) in [4.78, 5) is 0. The summed E-state index contributed by atoms with van der Waals surface area (Å²) < 4.78 is 2.54. The molecule has 1 fully saturated rings. The molecule has 0 radical (unpaired) electrons. The predicted molar refractivity (Wildman–Crippen MR) is 60.7 cm³/mol. The Morgan fingerprint density at radius 1 is 1.67 bits per heavy atom. The van der Waals surface area contributed by atoms with Gasteiger partial charge < -0.3 is 0 Å². The zero-order valence-corrected chi connectivity index (χ0v) is 10.7. The van der Waals surface area contributed by atoms with Gasteiger partial charge in [-0.25, -0.2) is 4.68 Å². The number of nitrogens with zero attached hydrogens (tertiary/aromatic N) is 3. The number of hydrazine groups is 1. The summed E-state index contributed by atoms with van der Waals surface area (Å²) in [5, 5.41) is 7.94. The van der Waals surface area contributed by atoms with E-state index in [1.807, 2.05) is 7.05 Å². The summed E-state index contributed by atoms with van der Waals surface area (Å²) in [6, 6.07) is 0.120. The summed E-state index contributed by atoms with van der Waals surface area (Å²) in [6.07, 6.45) is 1.18. The lowest BCUT2D eigenvalue weighted by atomic mass is 10.0. The van der Waals surface area contributed by atoms with Crippen LogP contribution in [0.5, 0.6) is 0 Å². The second-order valence-electron chi connectivity index (χ2n) is 4.83. The molecular formula is C9H16BrN5. The van der Waals surface area contributed by atoms with Crippen LogP contribution in [0.25, 0.3) is 0 Å². The summed E-state index contributed by atoms with van der Waals surface area (Å²) in [5.41, 5.74) is 4.26. The summed E-state index contributed by atoms with van der Waals surface area (Å²) in [7, 11) is 1.88. The molecule has 1 aromatic heterocycles. The first kappa shape index (κ1) is 11.0. The smallest absolute Gasteiger partial charge is 0.153 e. The second kappa shape index (κ2) is 3.54. The largest absolute Gasteiger partial charge is 0.271 e. The molecule has 0 bridgehead atoms. The first-order valence-corrected chi connectivity index (χ1v) is 5.78. The van der Waals surface area contributed by atoms with Gasteiger partial charge >= 0.3 is 0 Å². The number of hydrogen-bond donors (Lipinski definition) is 2. The van der Waals surface area contributed by atoms with Crippen LogP contribution < -0.4 is 11.3 Å². The van der Waals surface area contributed by atoms with E-state index in [-0.39, 0.29) is 6.04 Å². The van der Waals surface area contributed by atoms with Crippen LogP contribution in [0.15, 0.2) is 4.60 Å². The molecule has 5 nitrogen and oxygen atoms in total. The fourth-order valence-corrected chi connectivity index (χ4v) is 2.71. The van der Waals surface area contributed by atoms with Crippen LogP contribution in [0, 0.1) is 11.3 Å². The molecule has 0 saturated heterocycles. The van der Waals surface area contributed by atoms with Gasteiger partial charge in [-0.3, -0.25) is 11.3 Å². The highest BCUT2D eigenvalue weighted by Crippen LogP contribution is 2.57. The Bertz CT molecular complexity index is 353. The maximum atomic E-state index is 5.62. The van der Waals surface area contributed by atoms with Crippen molar-refractivity contribution in [3.63, 3.8) is 0 Å². The van der Waals surface area contributed by atoms with Crippen molar-refractivity contribution < 1.29 is 0 Å². The Hall–Kier alpha value is -0.460. The van der Waals surface area contributed by atoms with E-state index in [4.69, 9.17) is 5.84 Å². The molecule has 0 aliphatic heterocycles. The zero-order valence-electron chi connectivity index (χ0n) is 9.16. The number of rotatable bonds is 3. The molecule has 1 heterocycles. The van der Waals surface area contributed by atoms with Gasteiger partial charge in [-0.1, -0.05) is 19.1 Å². The molecule has 1 aliphatic rings. The molecule has 0 aromatic carbocycles. The molecule has 1 aliphatic carbocycles. The lowest BCUT2D eigenvalue weighted by molar-refractivity contribution is 0.401. The first-order chi connectivity index (χ1) is 6.97. The monoisotopic (exact) mass is 273 g/mol. The molecule has 84 valence electrons. The van der Waals surface area contributed by atoms with E-state index in [9.17, 15) is 0 Å². The van der Waals surface area contributed by atoms with Crippen molar-refractivity contribution in [2.45, 2.75) is 26.3 Å². The van der Waals surface area contributed by atoms with Gasteiger partial charge in [0.15, 0.2) is 4.60 Å². The third-order valence-corrected chi connectivity index (χ3v) is 3.86. The Kier molecular flexibility index (Phi) is 2.60. The SMILES string of the molecule is Cn1nnc(Br)c1C(NN)C1CC1(C)C. The van der Waals surface area contributed by atoms with Crippen molar-refractivity contribution in [1.29, 1.82) is 0 Å². The van der Waals surface area contributed by atoms with Crippen LogP contribution in [0.1, 0.15) is 32.0 Å². The van der Waals surface area contributed by atoms with Crippen molar-refractivity contribution in [1.82, 2.24) is 20.4 Å². The summed E-state index contributed by atoms with van der Waals surface area (Å²) >= 11 is 3.40. The van der Waals surface area contributed by atoms with E-state index in [1.54, 1.807) is 4.68 Å². The van der Waals surface area contributed by atoms with E-state index in [0.29, 0.717) is 11.3 Å². The van der Waals surface area contributed by atoms with Gasteiger partial charge in [0.1, 0.15) is 0 Å². The number of nitrogens with one attached hydrogen (secondary N) is 1. The van der Waals surface area contributed by atoms with E-state index in [0.717, 1.165) is 10.3 Å². The van der Waals surface area contributed by atoms with E-state index in [2.05, 4.69) is 45.5 Å². The lowest BCUT2D eigenvalue weighted by Gasteiger charge is -2.17. The van der Waals surface area contributed by atoms with Gasteiger partial charge in [0.25, 0.3) is 0 Å². The van der Waals surface area contributed by atoms with Crippen LogP contribution in [0.4, 0.5) is 0 Å². The predicted octanol–water partition coefficient (Wildman–Crippen LogP) is 1.13. The minimum Gasteiger partial charge on any atom is -0.271 e. The highest BCUT2D eigenvalue weighted by atomic mass is 79.9. The number of hydrogen-bond acceptors (Lipinski definition) is 4. The molecule has 2 atom stereocenters. The first-order valence-electron chi connectivity index (χ1n) is 4.98.